The van der Waals surface area contributed by atoms with Crippen molar-refractivity contribution in [2.45, 2.75) is 57.7 Å². The van der Waals surface area contributed by atoms with E-state index in [1.165, 1.54) is 12.1 Å². The van der Waals surface area contributed by atoms with Gasteiger partial charge in [-0.15, -0.1) is 0 Å². The van der Waals surface area contributed by atoms with E-state index in [1.807, 2.05) is 32.9 Å². The predicted octanol–water partition coefficient (Wildman–Crippen LogP) is 7.18. The quantitative estimate of drug-likeness (QED) is 0.284. The van der Waals surface area contributed by atoms with E-state index in [0.29, 0.717) is 16.1 Å². The summed E-state index contributed by atoms with van der Waals surface area (Å²) >= 11 is 5.77. The molecular weight excluding hydrogens is 565 g/mol. The number of alkyl halides is 3. The van der Waals surface area contributed by atoms with E-state index in [2.05, 4.69) is 5.32 Å². The summed E-state index contributed by atoms with van der Waals surface area (Å²) in [5.74, 6) is 0.154. The van der Waals surface area contributed by atoms with Gasteiger partial charge in [0.1, 0.15) is 12.3 Å². The average molecular weight is 597 g/mol. The van der Waals surface area contributed by atoms with Crippen LogP contribution in [0.15, 0.2) is 59.5 Å². The van der Waals surface area contributed by atoms with Crippen LogP contribution < -0.4 is 14.4 Å². The largest absolute Gasteiger partial charge is 0.496 e. The number of halogens is 4. The monoisotopic (exact) mass is 596 g/mol. The topological polar surface area (TPSA) is 75.7 Å². The zero-order chi connectivity index (χ0) is 30.0. The molecule has 0 saturated carbocycles. The van der Waals surface area contributed by atoms with Gasteiger partial charge >= 0.3 is 6.18 Å². The van der Waals surface area contributed by atoms with Gasteiger partial charge in [-0.25, -0.2) is 8.42 Å². The van der Waals surface area contributed by atoms with Crippen LogP contribution in [0.3, 0.4) is 0 Å². The van der Waals surface area contributed by atoms with Gasteiger partial charge in [0.15, 0.2) is 0 Å². The highest BCUT2D eigenvalue weighted by atomic mass is 35.5. The van der Waals surface area contributed by atoms with E-state index < -0.39 is 45.3 Å². The maximum Gasteiger partial charge on any atom is 0.417 e. The summed E-state index contributed by atoms with van der Waals surface area (Å²) in [5, 5.41) is 2.21. The Hall–Kier alpha value is -3.24. The highest BCUT2D eigenvalue weighted by Gasteiger charge is 2.35. The molecule has 0 heterocycles. The number of carbonyl (C=O) groups is 1. The highest BCUT2D eigenvalue weighted by Crippen LogP contribution is 2.38. The number of sulfonamides is 1. The molecule has 0 aliphatic heterocycles. The number of methoxy groups -OCH3 is 1. The molecule has 216 valence electrons. The molecule has 0 radical (unpaired) electrons. The third kappa shape index (κ3) is 6.90. The van der Waals surface area contributed by atoms with Crippen molar-refractivity contribution in [2.75, 3.05) is 18.0 Å². The summed E-state index contributed by atoms with van der Waals surface area (Å²) in [6, 6.07) is 11.8. The van der Waals surface area contributed by atoms with Crippen LogP contribution in [0.5, 0.6) is 5.75 Å². The predicted molar refractivity (Wildman–Crippen MR) is 151 cm³/mol. The number of ether oxygens (including phenoxy) is 1. The van der Waals surface area contributed by atoms with Crippen molar-refractivity contribution in [3.8, 4) is 5.75 Å². The summed E-state index contributed by atoms with van der Waals surface area (Å²) < 4.78 is 74.3. The van der Waals surface area contributed by atoms with Gasteiger partial charge in [-0.1, -0.05) is 43.1 Å². The zero-order valence-corrected chi connectivity index (χ0v) is 24.6. The fraction of sp³-hybridized carbons (Fsp3) is 0.345. The molecule has 3 rings (SSSR count). The molecule has 0 spiro atoms. The first-order chi connectivity index (χ1) is 18.6. The Morgan fingerprint density at radius 3 is 2.17 bits per heavy atom. The minimum atomic E-state index is -4.83. The van der Waals surface area contributed by atoms with Crippen LogP contribution in [0.25, 0.3) is 0 Å². The van der Waals surface area contributed by atoms with Gasteiger partial charge in [0, 0.05) is 0 Å². The minimum Gasteiger partial charge on any atom is -0.496 e. The second-order valence-corrected chi connectivity index (χ2v) is 12.2. The van der Waals surface area contributed by atoms with Gasteiger partial charge in [-0.3, -0.25) is 9.10 Å². The highest BCUT2D eigenvalue weighted by molar-refractivity contribution is 7.92. The first-order valence-corrected chi connectivity index (χ1v) is 14.3. The van der Waals surface area contributed by atoms with Gasteiger partial charge < -0.3 is 10.1 Å². The number of aryl methyl sites for hydroxylation is 2. The van der Waals surface area contributed by atoms with Crippen molar-refractivity contribution in [1.82, 2.24) is 5.32 Å². The number of hydrogen-bond acceptors (Lipinski definition) is 4. The zero-order valence-electron chi connectivity index (χ0n) is 23.1. The second kappa shape index (κ2) is 12.1. The molecule has 0 fully saturated rings. The molecule has 3 aromatic rings. The van der Waals surface area contributed by atoms with Crippen LogP contribution in [0, 0.1) is 13.8 Å². The van der Waals surface area contributed by atoms with Gasteiger partial charge in [0.2, 0.25) is 5.91 Å². The van der Waals surface area contributed by atoms with E-state index in [1.54, 1.807) is 33.1 Å². The van der Waals surface area contributed by atoms with E-state index in [4.69, 9.17) is 16.3 Å². The number of nitrogens with one attached hydrogen (secondary N) is 1. The van der Waals surface area contributed by atoms with Crippen molar-refractivity contribution in [2.24, 2.45) is 0 Å². The Labute approximate surface area is 238 Å². The number of amides is 1. The molecule has 40 heavy (non-hydrogen) atoms. The summed E-state index contributed by atoms with van der Waals surface area (Å²) in [7, 11) is -2.85. The van der Waals surface area contributed by atoms with E-state index >= 15 is 0 Å². The molecule has 6 nitrogen and oxygen atoms in total. The number of benzene rings is 3. The molecule has 0 aromatic heterocycles. The lowest BCUT2D eigenvalue weighted by atomic mass is 9.93. The van der Waals surface area contributed by atoms with Crippen molar-refractivity contribution < 1.29 is 31.1 Å². The minimum absolute atomic E-state index is 0.139. The Balaban J connectivity index is 2.01. The summed E-state index contributed by atoms with van der Waals surface area (Å²) in [4.78, 5) is 13.1. The van der Waals surface area contributed by atoms with Gasteiger partial charge in [0.05, 0.1) is 34.3 Å². The maximum absolute atomic E-state index is 13.6. The number of nitrogens with zero attached hydrogens (tertiary/aromatic N) is 1. The van der Waals surface area contributed by atoms with Crippen LogP contribution >= 0.6 is 11.6 Å². The summed E-state index contributed by atoms with van der Waals surface area (Å²) in [5.41, 5.74) is 1.83. The molecule has 0 aliphatic carbocycles. The Morgan fingerprint density at radius 2 is 1.62 bits per heavy atom. The van der Waals surface area contributed by atoms with Crippen molar-refractivity contribution in [3.63, 3.8) is 0 Å². The molecule has 1 unspecified atom stereocenters. The van der Waals surface area contributed by atoms with E-state index in [-0.39, 0.29) is 16.5 Å². The Bertz CT molecular complexity index is 1490. The van der Waals surface area contributed by atoms with E-state index in [9.17, 15) is 26.4 Å². The van der Waals surface area contributed by atoms with Crippen molar-refractivity contribution >= 4 is 33.2 Å². The number of anilines is 1. The molecule has 1 amide bonds. The number of carbonyl (C=O) groups excluding carboxylic acids is 1. The molecular formula is C29H32ClF3N2O4S. The van der Waals surface area contributed by atoms with Crippen LogP contribution in [-0.2, 0) is 21.0 Å². The van der Waals surface area contributed by atoms with Gasteiger partial charge in [-0.2, -0.15) is 13.2 Å². The fourth-order valence-corrected chi connectivity index (χ4v) is 5.98. The van der Waals surface area contributed by atoms with Gasteiger partial charge in [-0.05, 0) is 85.8 Å². The average Bonchev–Trinajstić information content (AvgIpc) is 2.86. The summed E-state index contributed by atoms with van der Waals surface area (Å²) in [6.45, 7) is 8.64. The lowest BCUT2D eigenvalue weighted by Gasteiger charge is -2.26. The lowest BCUT2D eigenvalue weighted by molar-refractivity contribution is -0.137. The molecule has 0 bridgehead atoms. The fourth-order valence-electron chi connectivity index (χ4n) is 4.34. The number of hydrogen-bond donors (Lipinski definition) is 1. The van der Waals surface area contributed by atoms with Gasteiger partial charge in [0.25, 0.3) is 10.0 Å². The maximum atomic E-state index is 13.6. The van der Waals surface area contributed by atoms with Crippen LogP contribution in [0.2, 0.25) is 5.02 Å². The molecule has 1 N–H and O–H groups in total. The molecule has 11 heteroatoms. The summed E-state index contributed by atoms with van der Waals surface area (Å²) in [6.07, 6.45) is -4.83. The first-order valence-electron chi connectivity index (χ1n) is 12.5. The Kier molecular flexibility index (Phi) is 9.46. The Morgan fingerprint density at radius 1 is 1.00 bits per heavy atom. The van der Waals surface area contributed by atoms with Crippen LogP contribution in [-0.4, -0.2) is 28.0 Å². The number of rotatable bonds is 9. The second-order valence-electron chi connectivity index (χ2n) is 9.88. The molecule has 0 aliphatic rings. The van der Waals surface area contributed by atoms with Crippen molar-refractivity contribution in [3.05, 3.63) is 87.4 Å². The van der Waals surface area contributed by atoms with Crippen LogP contribution in [0.4, 0.5) is 18.9 Å². The third-order valence-corrected chi connectivity index (χ3v) is 8.64. The molecule has 1 atom stereocenters. The van der Waals surface area contributed by atoms with E-state index in [0.717, 1.165) is 34.4 Å². The lowest BCUT2D eigenvalue weighted by Crippen LogP contribution is -2.41. The van der Waals surface area contributed by atoms with Crippen LogP contribution in [0.1, 0.15) is 60.5 Å². The molecule has 0 saturated heterocycles. The normalized spacial score (nSPS) is 12.8. The smallest absolute Gasteiger partial charge is 0.417 e. The van der Waals surface area contributed by atoms with Crippen molar-refractivity contribution in [1.29, 1.82) is 0 Å². The SMILES string of the molecule is COc1cc(C)c(C(C)NC(=O)CN(c2ccc(Cl)c(C(F)(F)F)c2)S(=O)(=O)c2ccc(C)cc2)cc1C(C)C. The standard InChI is InChI=1S/C29H32ClF3N2O4S/c1-17(2)23-15-24(19(4)13-27(23)39-6)20(5)34-28(36)16-35(40(37,38)22-10-7-18(3)8-11-22)21-9-12-26(30)25(14-21)29(31,32)33/h7-15,17,20H,16H2,1-6H3,(H,34,36). The molecule has 3 aromatic carbocycles. The third-order valence-electron chi connectivity index (χ3n) is 6.52. The first kappa shape index (κ1) is 31.3.